The molecule has 0 aliphatic rings. The number of aromatic amines is 1. The highest BCUT2D eigenvalue weighted by molar-refractivity contribution is 7.70. The van der Waals surface area contributed by atoms with Crippen LogP contribution in [0.4, 0.5) is 23.1 Å². The third-order valence-corrected chi connectivity index (χ3v) is 4.72. The summed E-state index contributed by atoms with van der Waals surface area (Å²) in [5.41, 5.74) is 4.82. The maximum atomic E-state index is 10.6. The van der Waals surface area contributed by atoms with E-state index in [1.807, 2.05) is 43.3 Å². The van der Waals surface area contributed by atoms with Gasteiger partial charge in [-0.1, -0.05) is 12.1 Å². The molecule has 0 aliphatic heterocycles. The van der Waals surface area contributed by atoms with E-state index in [4.69, 9.17) is 0 Å². The molecule has 4 aromatic rings. The lowest BCUT2D eigenvalue weighted by Gasteiger charge is -2.09. The lowest BCUT2D eigenvalue weighted by molar-refractivity contribution is 0.601. The van der Waals surface area contributed by atoms with Crippen LogP contribution in [-0.4, -0.2) is 23.4 Å². The SMILES string of the molecule is Cc1cc2cc(Nc3ccnc(Nc4ccc(CN[SH](=O)=O)cc4)n3)ccc2[nH]1. The predicted molar refractivity (Wildman–Crippen MR) is 115 cm³/mol. The second kappa shape index (κ2) is 8.29. The van der Waals surface area contributed by atoms with Crippen molar-refractivity contribution in [2.75, 3.05) is 10.6 Å². The van der Waals surface area contributed by atoms with Crippen LogP contribution in [0, 0.1) is 6.92 Å². The van der Waals surface area contributed by atoms with Gasteiger partial charge in [0.1, 0.15) is 5.82 Å². The molecule has 4 N–H and O–H groups in total. The van der Waals surface area contributed by atoms with Gasteiger partial charge in [-0.2, -0.15) is 4.98 Å². The summed E-state index contributed by atoms with van der Waals surface area (Å²) >= 11 is 0. The van der Waals surface area contributed by atoms with Crippen LogP contribution < -0.4 is 15.4 Å². The Morgan fingerprint density at radius 2 is 1.76 bits per heavy atom. The first-order valence-corrected chi connectivity index (χ1v) is 10.2. The number of rotatable bonds is 7. The van der Waals surface area contributed by atoms with E-state index in [9.17, 15) is 8.42 Å². The van der Waals surface area contributed by atoms with Gasteiger partial charge in [-0.25, -0.2) is 18.1 Å². The van der Waals surface area contributed by atoms with Gasteiger partial charge in [-0.15, -0.1) is 0 Å². The normalized spacial score (nSPS) is 11.1. The van der Waals surface area contributed by atoms with E-state index in [1.54, 1.807) is 12.3 Å². The maximum absolute atomic E-state index is 10.6. The number of nitrogens with zero attached hydrogens (tertiary/aromatic N) is 2. The van der Waals surface area contributed by atoms with E-state index in [-0.39, 0.29) is 6.54 Å². The summed E-state index contributed by atoms with van der Waals surface area (Å²) in [4.78, 5) is 12.1. The molecule has 4 rings (SSSR count). The van der Waals surface area contributed by atoms with Crippen molar-refractivity contribution < 1.29 is 8.42 Å². The molecule has 2 aromatic heterocycles. The number of thiol groups is 1. The molecular formula is C20H20N6O2S. The molecule has 0 unspecified atom stereocenters. The molecule has 0 saturated heterocycles. The molecule has 0 bridgehead atoms. The van der Waals surface area contributed by atoms with Crippen molar-refractivity contribution >= 4 is 44.9 Å². The zero-order chi connectivity index (χ0) is 20.2. The van der Waals surface area contributed by atoms with E-state index in [0.717, 1.165) is 33.5 Å². The average molecular weight is 408 g/mol. The molecule has 2 aromatic carbocycles. The fourth-order valence-corrected chi connectivity index (χ4v) is 3.29. The summed E-state index contributed by atoms with van der Waals surface area (Å²) < 4.78 is 23.6. The van der Waals surface area contributed by atoms with Crippen LogP contribution in [0.2, 0.25) is 0 Å². The molecule has 8 nitrogen and oxygen atoms in total. The number of nitrogens with one attached hydrogen (secondary N) is 4. The Balaban J connectivity index is 1.45. The fourth-order valence-electron chi connectivity index (χ4n) is 2.98. The van der Waals surface area contributed by atoms with Gasteiger partial charge in [-0.05, 0) is 55.0 Å². The molecule has 9 heteroatoms. The molecule has 0 atom stereocenters. The number of aryl methyl sites for hydroxylation is 1. The smallest absolute Gasteiger partial charge is 0.229 e. The molecule has 0 radical (unpaired) electrons. The Labute approximate surface area is 169 Å². The molecule has 0 saturated carbocycles. The number of hydrogen-bond donors (Lipinski definition) is 5. The summed E-state index contributed by atoms with van der Waals surface area (Å²) in [5.74, 6) is 1.14. The lowest BCUT2D eigenvalue weighted by atomic mass is 10.2. The Bertz CT molecular complexity index is 1210. The standard InChI is InChI=1S/C20H20N6O2S/c1-13-10-15-11-17(6-7-18(15)23-13)24-19-8-9-21-20(26-19)25-16-4-2-14(3-5-16)12-22-29(27)28/h2-11,23,29H,12H2,1H3,(H,22,27,28)(H2,21,24,25,26). The summed E-state index contributed by atoms with van der Waals surface area (Å²) in [7, 11) is -2.60. The average Bonchev–Trinajstić information content (AvgIpc) is 3.07. The van der Waals surface area contributed by atoms with Crippen LogP contribution in [-0.2, 0) is 17.4 Å². The zero-order valence-electron chi connectivity index (χ0n) is 15.6. The third-order valence-electron chi connectivity index (χ3n) is 4.31. The summed E-state index contributed by atoms with van der Waals surface area (Å²) in [6, 6.07) is 17.4. The molecule has 2 heterocycles. The lowest BCUT2D eigenvalue weighted by Crippen LogP contribution is -2.10. The highest BCUT2D eigenvalue weighted by Crippen LogP contribution is 2.23. The number of benzene rings is 2. The Morgan fingerprint density at radius 3 is 2.55 bits per heavy atom. The van der Waals surface area contributed by atoms with Crippen LogP contribution >= 0.6 is 0 Å². The van der Waals surface area contributed by atoms with E-state index >= 15 is 0 Å². The molecule has 0 fully saturated rings. The first-order chi connectivity index (χ1) is 14.0. The van der Waals surface area contributed by atoms with Crippen molar-refractivity contribution in [2.45, 2.75) is 13.5 Å². The maximum Gasteiger partial charge on any atom is 0.229 e. The monoisotopic (exact) mass is 408 g/mol. The molecule has 148 valence electrons. The van der Waals surface area contributed by atoms with E-state index in [0.29, 0.717) is 11.8 Å². The van der Waals surface area contributed by atoms with E-state index < -0.39 is 10.9 Å². The van der Waals surface area contributed by atoms with Crippen LogP contribution in [0.3, 0.4) is 0 Å². The van der Waals surface area contributed by atoms with Crippen molar-refractivity contribution in [3.63, 3.8) is 0 Å². The first kappa shape index (κ1) is 18.9. The number of anilines is 4. The van der Waals surface area contributed by atoms with E-state index in [1.165, 1.54) is 0 Å². The molecule has 29 heavy (non-hydrogen) atoms. The van der Waals surface area contributed by atoms with Crippen LogP contribution in [0.1, 0.15) is 11.3 Å². The highest BCUT2D eigenvalue weighted by atomic mass is 32.2. The largest absolute Gasteiger partial charge is 0.359 e. The summed E-state index contributed by atoms with van der Waals surface area (Å²) in [6.45, 7) is 2.30. The minimum Gasteiger partial charge on any atom is -0.359 e. The molecular weight excluding hydrogens is 388 g/mol. The first-order valence-electron chi connectivity index (χ1n) is 8.98. The quantitative estimate of drug-likeness (QED) is 0.300. The Kier molecular flexibility index (Phi) is 5.41. The van der Waals surface area contributed by atoms with Gasteiger partial charge < -0.3 is 15.6 Å². The second-order valence-corrected chi connectivity index (χ2v) is 7.39. The predicted octanol–water partition coefficient (Wildman–Crippen LogP) is 3.37. The van der Waals surface area contributed by atoms with Gasteiger partial charge >= 0.3 is 0 Å². The number of hydrogen-bond acceptors (Lipinski definition) is 6. The van der Waals surface area contributed by atoms with Crippen molar-refractivity contribution in [1.82, 2.24) is 19.7 Å². The Morgan fingerprint density at radius 1 is 0.966 bits per heavy atom. The highest BCUT2D eigenvalue weighted by Gasteiger charge is 2.04. The van der Waals surface area contributed by atoms with Crippen LogP contribution in [0.25, 0.3) is 10.9 Å². The zero-order valence-corrected chi connectivity index (χ0v) is 16.5. The van der Waals surface area contributed by atoms with Crippen molar-refractivity contribution in [2.24, 2.45) is 0 Å². The summed E-state index contributed by atoms with van der Waals surface area (Å²) in [5, 5.41) is 7.58. The van der Waals surface area contributed by atoms with Crippen LogP contribution in [0.5, 0.6) is 0 Å². The van der Waals surface area contributed by atoms with Crippen molar-refractivity contribution in [3.05, 3.63) is 72.1 Å². The number of fused-ring (bicyclic) bond motifs is 1. The minimum atomic E-state index is -2.60. The van der Waals surface area contributed by atoms with Gasteiger partial charge in [0.15, 0.2) is 0 Å². The van der Waals surface area contributed by atoms with Gasteiger partial charge in [0.25, 0.3) is 0 Å². The topological polar surface area (TPSA) is 112 Å². The van der Waals surface area contributed by atoms with Crippen molar-refractivity contribution in [3.8, 4) is 0 Å². The van der Waals surface area contributed by atoms with Gasteiger partial charge in [-0.3, -0.25) is 0 Å². The third kappa shape index (κ3) is 4.89. The Hall–Kier alpha value is -3.43. The second-order valence-electron chi connectivity index (χ2n) is 6.56. The van der Waals surface area contributed by atoms with Gasteiger partial charge in [0.2, 0.25) is 16.8 Å². The van der Waals surface area contributed by atoms with Crippen molar-refractivity contribution in [1.29, 1.82) is 0 Å². The van der Waals surface area contributed by atoms with Gasteiger partial charge in [0.05, 0.1) is 0 Å². The number of H-pyrrole nitrogens is 1. The summed E-state index contributed by atoms with van der Waals surface area (Å²) in [6.07, 6.45) is 1.68. The van der Waals surface area contributed by atoms with Crippen LogP contribution in [0.15, 0.2) is 60.8 Å². The molecule has 0 aliphatic carbocycles. The molecule has 0 spiro atoms. The fraction of sp³-hybridized carbons (Fsp3) is 0.100. The number of aromatic nitrogens is 3. The van der Waals surface area contributed by atoms with E-state index in [2.05, 4.69) is 42.4 Å². The molecule has 0 amide bonds. The minimum absolute atomic E-state index is 0.264. The van der Waals surface area contributed by atoms with Gasteiger partial charge in [0, 0.05) is 40.7 Å².